The maximum atomic E-state index is 15.6. The number of halogens is 1. The molecule has 0 amide bonds. The van der Waals surface area contributed by atoms with Crippen LogP contribution in [0.1, 0.15) is 31.2 Å². The summed E-state index contributed by atoms with van der Waals surface area (Å²) in [6.45, 7) is 1.09. The van der Waals surface area contributed by atoms with Crippen molar-refractivity contribution in [2.24, 2.45) is 16.6 Å². The fraction of sp³-hybridized carbons (Fsp3) is 0.571. The zero-order chi connectivity index (χ0) is 29.1. The van der Waals surface area contributed by atoms with Gasteiger partial charge in [0.05, 0.1) is 32.2 Å². The second-order valence-electron chi connectivity index (χ2n) is 10.1. The van der Waals surface area contributed by atoms with Gasteiger partial charge in [-0.05, 0) is 0 Å². The van der Waals surface area contributed by atoms with Crippen molar-refractivity contribution in [3.8, 4) is 0 Å². The Balaban J connectivity index is 1.14. The van der Waals surface area contributed by atoms with E-state index in [2.05, 4.69) is 30.2 Å². The van der Waals surface area contributed by atoms with Crippen molar-refractivity contribution >= 4 is 45.6 Å². The first-order valence-electron chi connectivity index (χ1n) is 13.0. The van der Waals surface area contributed by atoms with Crippen molar-refractivity contribution in [1.82, 2.24) is 34.4 Å². The molecule has 42 heavy (non-hydrogen) atoms. The summed E-state index contributed by atoms with van der Waals surface area (Å²) in [4.78, 5) is 20.9. The Kier molecular flexibility index (Phi) is 7.32. The fourth-order valence-corrected chi connectivity index (χ4v) is 7.30. The lowest BCUT2D eigenvalue weighted by Crippen LogP contribution is -2.32. The molecule has 7 rings (SSSR count). The smallest absolute Gasteiger partial charge is 0.319 e. The second kappa shape index (κ2) is 11.0. The van der Waals surface area contributed by atoms with Crippen molar-refractivity contribution in [1.29, 1.82) is 0 Å². The average Bonchev–Trinajstić information content (AvgIpc) is 3.73. The lowest BCUT2D eigenvalue weighted by Gasteiger charge is -2.24. The van der Waals surface area contributed by atoms with Gasteiger partial charge >= 0.3 is 16.5 Å². The zero-order valence-electron chi connectivity index (χ0n) is 21.8. The first-order valence-corrected chi connectivity index (χ1v) is 15.4. The lowest BCUT2D eigenvalue weighted by molar-refractivity contribution is -0.0557. The third-order valence-electron chi connectivity index (χ3n) is 7.57. The van der Waals surface area contributed by atoms with Crippen molar-refractivity contribution in [3.63, 3.8) is 0 Å². The minimum Gasteiger partial charge on any atom is -0.382 e. The number of anilines is 1. The average molecular weight is 628 g/mol. The van der Waals surface area contributed by atoms with E-state index in [-0.39, 0.29) is 12.4 Å². The summed E-state index contributed by atoms with van der Waals surface area (Å²) in [6.07, 6.45) is -3.08. The molecule has 0 saturated carbocycles. The number of ether oxygens (including phenoxy) is 2. The number of fused-ring (bicyclic) bond motifs is 5. The largest absolute Gasteiger partial charge is 0.382 e. The van der Waals surface area contributed by atoms with Gasteiger partial charge in [0.2, 0.25) is 0 Å². The third-order valence-corrected chi connectivity index (χ3v) is 9.31. The molecule has 3 unspecified atom stereocenters. The zero-order valence-corrected chi connectivity index (χ0v) is 23.8. The number of nitrogen functional groups attached to an aromatic ring is 1. The highest BCUT2D eigenvalue weighted by atomic mass is 31.1. The SMILES string of the molecule is C[C@@H]1[C@@H]2O[PH](=O)OC[C@H]3O[C@@H](n4cnc5c4N=CNC5N)[C@H](O[PH](=O)OC[C@H]2O[C@H]1n1cnc2c(N)ncnc21)[C@@H]3F. The van der Waals surface area contributed by atoms with Gasteiger partial charge < -0.3 is 39.8 Å². The summed E-state index contributed by atoms with van der Waals surface area (Å²) < 4.78 is 79.2. The van der Waals surface area contributed by atoms with Crippen LogP contribution in [0.15, 0.2) is 24.0 Å². The molecule has 3 fully saturated rings. The van der Waals surface area contributed by atoms with Crippen molar-refractivity contribution in [2.75, 3.05) is 18.9 Å². The van der Waals surface area contributed by atoms with Crippen LogP contribution in [0.3, 0.4) is 0 Å². The van der Waals surface area contributed by atoms with Crippen molar-refractivity contribution < 1.29 is 41.1 Å². The van der Waals surface area contributed by atoms with Gasteiger partial charge in [0.15, 0.2) is 29.7 Å². The monoisotopic (exact) mass is 628 g/mol. The highest BCUT2D eigenvalue weighted by Crippen LogP contribution is 2.47. The highest BCUT2D eigenvalue weighted by Gasteiger charge is 2.51. The van der Waals surface area contributed by atoms with Gasteiger partial charge in [-0.15, -0.1) is 0 Å². The van der Waals surface area contributed by atoms with Gasteiger partial charge in [-0.2, -0.15) is 0 Å². The summed E-state index contributed by atoms with van der Waals surface area (Å²) in [5.74, 6) is 0.0797. The molecule has 0 aromatic carbocycles. The standard InChI is InChI=1S/C21H27FN10O8P2/c1-8-14-10(38-20(8)31-6-29-12-16(23)25-4-27-18(12)31)3-36-42(34)40-15-11(22)9(2-35-41(33)39-14)37-21(15)32-7-30-13-17(24)26-5-28-19(13)32/h4-11,14-15,17,20-21,41-42H,2-3,24H2,1H3,(H,26,28)(H2,23,25,27)/t8-,9-,10-,11-,14+,15-,17?,20-,21-/m1/s1. The molecule has 3 aromatic heterocycles. The number of rotatable bonds is 2. The number of alkyl halides is 1. The predicted molar refractivity (Wildman–Crippen MR) is 142 cm³/mol. The fourth-order valence-electron chi connectivity index (χ4n) is 5.51. The van der Waals surface area contributed by atoms with E-state index in [1.807, 2.05) is 6.92 Å². The van der Waals surface area contributed by atoms with E-state index in [1.54, 1.807) is 4.57 Å². The maximum Gasteiger partial charge on any atom is 0.319 e. The minimum atomic E-state index is -3.31. The van der Waals surface area contributed by atoms with Crippen LogP contribution in [-0.4, -0.2) is 79.2 Å². The number of nitrogens with one attached hydrogen (secondary N) is 1. The Bertz CT molecular complexity index is 1570. The molecule has 11 atom stereocenters. The number of hydrogen-bond donors (Lipinski definition) is 3. The number of nitrogens with zero attached hydrogens (tertiary/aromatic N) is 7. The number of nitrogens with two attached hydrogens (primary N) is 2. The quantitative estimate of drug-likeness (QED) is 0.335. The van der Waals surface area contributed by atoms with Crippen molar-refractivity contribution in [2.45, 2.75) is 56.1 Å². The van der Waals surface area contributed by atoms with Crippen LogP contribution in [0.4, 0.5) is 16.0 Å². The van der Waals surface area contributed by atoms with Gasteiger partial charge in [0.25, 0.3) is 0 Å². The van der Waals surface area contributed by atoms with Gasteiger partial charge in [-0.3, -0.25) is 22.8 Å². The molecule has 5 N–H and O–H groups in total. The molecule has 3 aromatic rings. The Labute approximate surface area is 237 Å². The summed E-state index contributed by atoms with van der Waals surface area (Å²) in [7, 11) is -6.50. The Hall–Kier alpha value is -2.86. The predicted octanol–water partition coefficient (Wildman–Crippen LogP) is 0.891. The van der Waals surface area contributed by atoms with E-state index in [1.165, 1.54) is 29.9 Å². The Morgan fingerprint density at radius 3 is 2.50 bits per heavy atom. The molecule has 18 nitrogen and oxygen atoms in total. The van der Waals surface area contributed by atoms with E-state index in [0.717, 1.165) is 0 Å². The molecule has 4 aliphatic heterocycles. The molecule has 4 aliphatic rings. The van der Waals surface area contributed by atoms with Crippen LogP contribution in [0, 0.1) is 5.92 Å². The van der Waals surface area contributed by atoms with Gasteiger partial charge in [0.1, 0.15) is 54.3 Å². The molecule has 2 bridgehead atoms. The van der Waals surface area contributed by atoms with Gasteiger partial charge in [-0.1, -0.05) is 6.92 Å². The minimum absolute atomic E-state index is 0.199. The molecule has 3 saturated heterocycles. The topological polar surface area (TPSA) is 227 Å². The molecule has 21 heteroatoms. The van der Waals surface area contributed by atoms with Crippen LogP contribution < -0.4 is 16.8 Å². The number of imidazole rings is 2. The van der Waals surface area contributed by atoms with Gasteiger partial charge in [-0.25, -0.2) is 29.3 Å². The number of aromatic nitrogens is 6. The van der Waals surface area contributed by atoms with Crippen LogP contribution in [-0.2, 0) is 36.7 Å². The molecule has 7 heterocycles. The van der Waals surface area contributed by atoms with E-state index >= 15 is 4.39 Å². The van der Waals surface area contributed by atoms with E-state index in [0.29, 0.717) is 22.7 Å². The van der Waals surface area contributed by atoms with Crippen molar-refractivity contribution in [3.05, 3.63) is 24.7 Å². The molecule has 226 valence electrons. The van der Waals surface area contributed by atoms with Crippen LogP contribution in [0.25, 0.3) is 11.2 Å². The first kappa shape index (κ1) is 27.9. The van der Waals surface area contributed by atoms with Crippen LogP contribution in [0.5, 0.6) is 0 Å². The molecular formula is C21H27FN10O8P2. The maximum absolute atomic E-state index is 15.6. The van der Waals surface area contributed by atoms with E-state index in [9.17, 15) is 9.13 Å². The number of hydrogen-bond acceptors (Lipinski definition) is 16. The molecular weight excluding hydrogens is 601 g/mol. The van der Waals surface area contributed by atoms with E-state index in [4.69, 9.17) is 39.0 Å². The van der Waals surface area contributed by atoms with E-state index < -0.39 is 78.2 Å². The van der Waals surface area contributed by atoms with Crippen LogP contribution in [0.2, 0.25) is 0 Å². The molecule has 0 aliphatic carbocycles. The first-order chi connectivity index (χ1) is 20.3. The summed E-state index contributed by atoms with van der Waals surface area (Å²) in [5.41, 5.74) is 13.1. The molecule has 0 spiro atoms. The highest BCUT2D eigenvalue weighted by molar-refractivity contribution is 7.33. The Morgan fingerprint density at radius 2 is 1.69 bits per heavy atom. The number of aliphatic imine (C=N–C) groups is 1. The van der Waals surface area contributed by atoms with Gasteiger partial charge in [0, 0.05) is 5.92 Å². The lowest BCUT2D eigenvalue weighted by atomic mass is 10.0. The molecule has 0 radical (unpaired) electrons. The summed E-state index contributed by atoms with van der Waals surface area (Å²) in [5, 5.41) is 2.82. The second-order valence-corrected chi connectivity index (χ2v) is 12.1. The third kappa shape index (κ3) is 4.74. The van der Waals surface area contributed by atoms with Crippen LogP contribution >= 0.6 is 16.5 Å². The normalized spacial score (nSPS) is 38.7. The summed E-state index contributed by atoms with van der Waals surface area (Å²) >= 11 is 0. The summed E-state index contributed by atoms with van der Waals surface area (Å²) in [6, 6.07) is 0. The Morgan fingerprint density at radius 1 is 0.976 bits per heavy atom.